The Morgan fingerprint density at radius 1 is 1.29 bits per heavy atom. The number of carbonyl (C=O) groups is 1. The molecule has 1 aromatic carbocycles. The highest BCUT2D eigenvalue weighted by atomic mass is 35.5. The fourth-order valence-electron chi connectivity index (χ4n) is 2.18. The predicted octanol–water partition coefficient (Wildman–Crippen LogP) is 3.86. The molecule has 0 atom stereocenters. The van der Waals surface area contributed by atoms with E-state index in [9.17, 15) is 4.79 Å². The first-order chi connectivity index (χ1) is 10.0. The van der Waals surface area contributed by atoms with Gasteiger partial charge in [0.2, 0.25) is 0 Å². The summed E-state index contributed by atoms with van der Waals surface area (Å²) in [6, 6.07) is 9.03. The maximum absolute atomic E-state index is 12.4. The molecule has 3 aromatic rings. The highest BCUT2D eigenvalue weighted by Crippen LogP contribution is 2.21. The smallest absolute Gasteiger partial charge is 0.259 e. The Morgan fingerprint density at radius 3 is 2.86 bits per heavy atom. The number of aromatic nitrogens is 2. The first-order valence-corrected chi connectivity index (χ1v) is 6.94. The van der Waals surface area contributed by atoms with Gasteiger partial charge in [0.05, 0.1) is 11.3 Å². The number of aryl methyl sites for hydroxylation is 2. The number of hydrogen-bond donors (Lipinski definition) is 1. The number of nitrogens with zero attached hydrogens (tertiary/aromatic N) is 2. The quantitative estimate of drug-likeness (QED) is 0.781. The Hall–Kier alpha value is -2.33. The van der Waals surface area contributed by atoms with Gasteiger partial charge in [0.1, 0.15) is 5.65 Å². The van der Waals surface area contributed by atoms with E-state index in [1.165, 1.54) is 0 Å². The average Bonchev–Trinajstić information content (AvgIpc) is 2.82. The van der Waals surface area contributed by atoms with Gasteiger partial charge in [0, 0.05) is 23.1 Å². The summed E-state index contributed by atoms with van der Waals surface area (Å²) in [5.74, 6) is -0.203. The van der Waals surface area contributed by atoms with Crippen molar-refractivity contribution in [2.45, 2.75) is 13.8 Å². The maximum Gasteiger partial charge on any atom is 0.259 e. The lowest BCUT2D eigenvalue weighted by Gasteiger charge is -2.07. The zero-order valence-corrected chi connectivity index (χ0v) is 12.5. The normalized spacial score (nSPS) is 10.8. The Morgan fingerprint density at radius 2 is 2.10 bits per heavy atom. The number of anilines is 1. The van der Waals surface area contributed by atoms with E-state index in [-0.39, 0.29) is 5.91 Å². The van der Waals surface area contributed by atoms with E-state index in [2.05, 4.69) is 10.3 Å². The zero-order valence-electron chi connectivity index (χ0n) is 11.7. The van der Waals surface area contributed by atoms with Gasteiger partial charge in [-0.3, -0.25) is 4.79 Å². The molecule has 0 spiro atoms. The third kappa shape index (κ3) is 2.62. The molecule has 1 amide bonds. The number of rotatable bonds is 2. The molecule has 0 fully saturated rings. The van der Waals surface area contributed by atoms with Gasteiger partial charge in [0.15, 0.2) is 0 Å². The molecule has 0 aliphatic carbocycles. The molecule has 0 aliphatic rings. The molecule has 2 aromatic heterocycles. The second-order valence-electron chi connectivity index (χ2n) is 4.95. The van der Waals surface area contributed by atoms with Gasteiger partial charge in [-0.15, -0.1) is 0 Å². The van der Waals surface area contributed by atoms with Gasteiger partial charge in [-0.05, 0) is 43.7 Å². The van der Waals surface area contributed by atoms with Crippen LogP contribution in [0.3, 0.4) is 0 Å². The number of nitrogens with one attached hydrogen (secondary N) is 1. The fraction of sp³-hybridized carbons (Fsp3) is 0.125. The minimum Gasteiger partial charge on any atom is -0.322 e. The summed E-state index contributed by atoms with van der Waals surface area (Å²) in [5, 5.41) is 3.48. The van der Waals surface area contributed by atoms with Gasteiger partial charge in [-0.25, -0.2) is 4.98 Å². The molecule has 1 N–H and O–H groups in total. The monoisotopic (exact) mass is 299 g/mol. The van der Waals surface area contributed by atoms with E-state index in [0.717, 1.165) is 11.3 Å². The van der Waals surface area contributed by atoms with Crippen LogP contribution in [0.25, 0.3) is 5.65 Å². The van der Waals surface area contributed by atoms with Crippen molar-refractivity contribution in [1.29, 1.82) is 0 Å². The summed E-state index contributed by atoms with van der Waals surface area (Å²) in [6.45, 7) is 3.82. The number of carbonyl (C=O) groups excluding carboxylic acids is 1. The van der Waals surface area contributed by atoms with Crippen LogP contribution >= 0.6 is 11.6 Å². The molecule has 0 saturated heterocycles. The van der Waals surface area contributed by atoms with Gasteiger partial charge in [-0.2, -0.15) is 0 Å². The summed E-state index contributed by atoms with van der Waals surface area (Å²) in [7, 11) is 0. The number of imidazole rings is 1. The van der Waals surface area contributed by atoms with Crippen LogP contribution in [0.1, 0.15) is 21.6 Å². The number of hydrogen-bond acceptors (Lipinski definition) is 2. The maximum atomic E-state index is 12.4. The number of halogens is 1. The van der Waals surface area contributed by atoms with E-state index in [1.54, 1.807) is 12.1 Å². The largest absolute Gasteiger partial charge is 0.322 e. The first kappa shape index (κ1) is 13.6. The fourth-order valence-corrected chi connectivity index (χ4v) is 2.36. The molecule has 3 rings (SSSR count). The van der Waals surface area contributed by atoms with Crippen LogP contribution in [0, 0.1) is 13.8 Å². The zero-order chi connectivity index (χ0) is 15.0. The van der Waals surface area contributed by atoms with Gasteiger partial charge >= 0.3 is 0 Å². The second kappa shape index (κ2) is 5.22. The standard InChI is InChI=1S/C16H14ClN3O/c1-10-5-6-12(8-14(10)17)19-16(21)13-4-3-7-20-9-11(2)18-15(13)20/h3-9H,1-2H3,(H,19,21). The molecular formula is C16H14ClN3O. The Bertz CT molecular complexity index is 839. The summed E-state index contributed by atoms with van der Waals surface area (Å²) in [5.41, 5.74) is 3.68. The Kier molecular flexibility index (Phi) is 3.39. The summed E-state index contributed by atoms with van der Waals surface area (Å²) in [4.78, 5) is 16.8. The van der Waals surface area contributed by atoms with Gasteiger partial charge in [0.25, 0.3) is 5.91 Å². The third-order valence-electron chi connectivity index (χ3n) is 3.28. The number of pyridine rings is 1. The molecule has 4 nitrogen and oxygen atoms in total. The Balaban J connectivity index is 1.95. The minimum atomic E-state index is -0.203. The third-order valence-corrected chi connectivity index (χ3v) is 3.68. The highest BCUT2D eigenvalue weighted by molar-refractivity contribution is 6.31. The van der Waals surface area contributed by atoms with Crippen molar-refractivity contribution in [3.8, 4) is 0 Å². The highest BCUT2D eigenvalue weighted by Gasteiger charge is 2.12. The van der Waals surface area contributed by atoms with E-state index >= 15 is 0 Å². The van der Waals surface area contributed by atoms with Crippen molar-refractivity contribution >= 4 is 28.8 Å². The SMILES string of the molecule is Cc1cn2cccc(C(=O)Nc3ccc(C)c(Cl)c3)c2n1. The van der Waals surface area contributed by atoms with Crippen molar-refractivity contribution in [2.75, 3.05) is 5.32 Å². The number of fused-ring (bicyclic) bond motifs is 1. The van der Waals surface area contributed by atoms with Crippen molar-refractivity contribution in [2.24, 2.45) is 0 Å². The van der Waals surface area contributed by atoms with E-state index in [0.29, 0.717) is 21.9 Å². The van der Waals surface area contributed by atoms with Crippen LogP contribution in [0.5, 0.6) is 0 Å². The van der Waals surface area contributed by atoms with Crippen molar-refractivity contribution < 1.29 is 4.79 Å². The minimum absolute atomic E-state index is 0.203. The van der Waals surface area contributed by atoms with Crippen LogP contribution in [0.15, 0.2) is 42.7 Å². The van der Waals surface area contributed by atoms with Crippen LogP contribution in [0.2, 0.25) is 5.02 Å². The van der Waals surface area contributed by atoms with Crippen LogP contribution < -0.4 is 5.32 Å². The number of amides is 1. The predicted molar refractivity (Wildman–Crippen MR) is 84.1 cm³/mol. The molecule has 21 heavy (non-hydrogen) atoms. The molecule has 0 bridgehead atoms. The van der Waals surface area contributed by atoms with Crippen molar-refractivity contribution in [1.82, 2.24) is 9.38 Å². The summed E-state index contributed by atoms with van der Waals surface area (Å²) < 4.78 is 1.84. The lowest BCUT2D eigenvalue weighted by molar-refractivity contribution is 0.102. The molecule has 0 aliphatic heterocycles. The molecular weight excluding hydrogens is 286 g/mol. The van der Waals surface area contributed by atoms with Crippen molar-refractivity contribution in [3.63, 3.8) is 0 Å². The van der Waals surface area contributed by atoms with Crippen LogP contribution in [0.4, 0.5) is 5.69 Å². The molecule has 0 saturated carbocycles. The lowest BCUT2D eigenvalue weighted by Crippen LogP contribution is -2.13. The molecule has 0 unspecified atom stereocenters. The van der Waals surface area contributed by atoms with E-state index in [1.807, 2.05) is 48.8 Å². The summed E-state index contributed by atoms with van der Waals surface area (Å²) in [6.07, 6.45) is 3.75. The molecule has 5 heteroatoms. The number of benzene rings is 1. The van der Waals surface area contributed by atoms with Crippen LogP contribution in [-0.4, -0.2) is 15.3 Å². The first-order valence-electron chi connectivity index (χ1n) is 6.56. The van der Waals surface area contributed by atoms with Gasteiger partial charge in [-0.1, -0.05) is 17.7 Å². The van der Waals surface area contributed by atoms with Crippen LogP contribution in [-0.2, 0) is 0 Å². The molecule has 106 valence electrons. The van der Waals surface area contributed by atoms with Crippen molar-refractivity contribution in [3.05, 3.63) is 64.6 Å². The topological polar surface area (TPSA) is 46.4 Å². The summed E-state index contributed by atoms with van der Waals surface area (Å²) >= 11 is 6.07. The van der Waals surface area contributed by atoms with E-state index < -0.39 is 0 Å². The average molecular weight is 300 g/mol. The van der Waals surface area contributed by atoms with E-state index in [4.69, 9.17) is 11.6 Å². The lowest BCUT2D eigenvalue weighted by atomic mass is 10.2. The Labute approximate surface area is 127 Å². The van der Waals surface area contributed by atoms with Gasteiger partial charge < -0.3 is 9.72 Å². The molecule has 0 radical (unpaired) electrons. The molecule has 2 heterocycles. The second-order valence-corrected chi connectivity index (χ2v) is 5.36.